The lowest BCUT2D eigenvalue weighted by Gasteiger charge is -2.30. The fourth-order valence-corrected chi connectivity index (χ4v) is 3.59. The molecule has 1 saturated heterocycles. The van der Waals surface area contributed by atoms with Gasteiger partial charge in [-0.25, -0.2) is 14.4 Å². The van der Waals surface area contributed by atoms with E-state index in [2.05, 4.69) is 15.3 Å². The largest absolute Gasteiger partial charge is 0.493 e. The molecule has 0 aliphatic carbocycles. The van der Waals surface area contributed by atoms with Crippen molar-refractivity contribution in [1.82, 2.24) is 14.9 Å². The monoisotopic (exact) mass is 430 g/mol. The van der Waals surface area contributed by atoms with E-state index in [1.165, 1.54) is 18.5 Å². The lowest BCUT2D eigenvalue weighted by Crippen LogP contribution is -2.37. The lowest BCUT2D eigenvalue weighted by atomic mass is 10.1. The van der Waals surface area contributed by atoms with Crippen LogP contribution >= 0.6 is 11.6 Å². The highest BCUT2D eigenvalue weighted by molar-refractivity contribution is 6.31. The molecule has 1 aliphatic rings. The molecule has 1 aliphatic heterocycles. The number of carbonyl (C=O) groups excluding carboxylic acids is 1. The molecule has 156 valence electrons. The Morgan fingerprint density at radius 1 is 1.20 bits per heavy atom. The molecule has 0 radical (unpaired) electrons. The highest BCUT2D eigenvalue weighted by atomic mass is 35.5. The normalized spacial score (nSPS) is 14.6. The number of hydrogen-bond acceptors (Lipinski definition) is 6. The first-order chi connectivity index (χ1) is 14.6. The number of carbonyl (C=O) groups is 1. The van der Waals surface area contributed by atoms with E-state index in [-0.39, 0.29) is 11.1 Å². The summed E-state index contributed by atoms with van der Waals surface area (Å²) in [5.74, 6) is 1.18. The molecule has 2 aromatic carbocycles. The van der Waals surface area contributed by atoms with Gasteiger partial charge < -0.3 is 19.7 Å². The zero-order valence-electron chi connectivity index (χ0n) is 16.3. The molecule has 1 aromatic heterocycles. The van der Waals surface area contributed by atoms with Gasteiger partial charge in [0.1, 0.15) is 24.1 Å². The number of rotatable bonds is 6. The van der Waals surface area contributed by atoms with Crippen LogP contribution in [-0.2, 0) is 4.79 Å². The highest BCUT2D eigenvalue weighted by Crippen LogP contribution is 2.36. The summed E-state index contributed by atoms with van der Waals surface area (Å²) in [6.45, 7) is 1.32. The zero-order valence-corrected chi connectivity index (χ0v) is 17.0. The average molecular weight is 431 g/mol. The van der Waals surface area contributed by atoms with Crippen molar-refractivity contribution < 1.29 is 18.7 Å². The molecule has 4 rings (SSSR count). The Labute approximate surface area is 177 Å². The predicted molar refractivity (Wildman–Crippen MR) is 112 cm³/mol. The molecule has 0 spiro atoms. The topological polar surface area (TPSA) is 76.6 Å². The Balaban J connectivity index is 1.65. The fourth-order valence-electron chi connectivity index (χ4n) is 3.40. The van der Waals surface area contributed by atoms with E-state index in [1.807, 2.05) is 6.07 Å². The second kappa shape index (κ2) is 8.71. The SMILES string of the molecule is COc1cc2ncnc(Nc3ccc(F)c(Cl)c3)c2cc1OC1CCN(C=O)CC1. The number of aromatic nitrogens is 2. The zero-order chi connectivity index (χ0) is 21.1. The number of benzene rings is 2. The van der Waals surface area contributed by atoms with Gasteiger partial charge in [-0.05, 0) is 24.3 Å². The Hall–Kier alpha value is -3.13. The maximum atomic E-state index is 13.5. The molecule has 1 fully saturated rings. The lowest BCUT2D eigenvalue weighted by molar-refractivity contribution is -0.119. The van der Waals surface area contributed by atoms with Gasteiger partial charge in [0.2, 0.25) is 6.41 Å². The number of nitrogens with zero attached hydrogens (tertiary/aromatic N) is 3. The Morgan fingerprint density at radius 3 is 2.70 bits per heavy atom. The number of fused-ring (bicyclic) bond motifs is 1. The molecule has 3 aromatic rings. The van der Waals surface area contributed by atoms with Crippen LogP contribution in [0, 0.1) is 5.82 Å². The second-order valence-corrected chi connectivity index (χ2v) is 7.36. The molecule has 0 atom stereocenters. The molecule has 1 amide bonds. The van der Waals surface area contributed by atoms with Crippen LogP contribution in [-0.4, -0.2) is 47.6 Å². The summed E-state index contributed by atoms with van der Waals surface area (Å²) in [5.41, 5.74) is 1.27. The molecule has 0 saturated carbocycles. The number of amides is 1. The van der Waals surface area contributed by atoms with Crippen molar-refractivity contribution in [2.24, 2.45) is 0 Å². The summed E-state index contributed by atoms with van der Waals surface area (Å²) in [6, 6.07) is 7.98. The van der Waals surface area contributed by atoms with E-state index >= 15 is 0 Å². The first-order valence-electron chi connectivity index (χ1n) is 9.48. The van der Waals surface area contributed by atoms with Crippen LogP contribution < -0.4 is 14.8 Å². The highest BCUT2D eigenvalue weighted by Gasteiger charge is 2.21. The van der Waals surface area contributed by atoms with Crippen LogP contribution in [0.2, 0.25) is 5.02 Å². The van der Waals surface area contributed by atoms with Crippen LogP contribution in [0.4, 0.5) is 15.9 Å². The minimum absolute atomic E-state index is 0.0192. The van der Waals surface area contributed by atoms with Crippen molar-refractivity contribution in [3.8, 4) is 11.5 Å². The standard InChI is InChI=1S/C21H20ClFN4O3/c1-29-19-10-18-15(9-20(19)30-14-4-6-27(12-28)7-5-14)21(25-11-24-18)26-13-2-3-17(23)16(22)8-13/h2-3,8-12,14H,4-7H2,1H3,(H,24,25,26). The van der Waals surface area contributed by atoms with Crippen molar-refractivity contribution in [3.63, 3.8) is 0 Å². The van der Waals surface area contributed by atoms with Gasteiger partial charge in [0.15, 0.2) is 11.5 Å². The molecule has 30 heavy (non-hydrogen) atoms. The third-order valence-corrected chi connectivity index (χ3v) is 5.31. The third-order valence-electron chi connectivity index (χ3n) is 5.02. The van der Waals surface area contributed by atoms with Crippen molar-refractivity contribution >= 4 is 40.4 Å². The summed E-state index contributed by atoms with van der Waals surface area (Å²) >= 11 is 5.88. The van der Waals surface area contributed by atoms with Gasteiger partial charge >= 0.3 is 0 Å². The van der Waals surface area contributed by atoms with E-state index in [4.69, 9.17) is 21.1 Å². The van der Waals surface area contributed by atoms with E-state index in [0.717, 1.165) is 24.6 Å². The van der Waals surface area contributed by atoms with Crippen LogP contribution in [0.3, 0.4) is 0 Å². The average Bonchev–Trinajstić information content (AvgIpc) is 2.77. The number of halogens is 2. The summed E-state index contributed by atoms with van der Waals surface area (Å²) in [6.07, 6.45) is 3.76. The molecule has 2 heterocycles. The number of nitrogens with one attached hydrogen (secondary N) is 1. The molecule has 7 nitrogen and oxygen atoms in total. The number of ether oxygens (including phenoxy) is 2. The number of piperidine rings is 1. The van der Waals surface area contributed by atoms with Gasteiger partial charge in [-0.1, -0.05) is 11.6 Å². The summed E-state index contributed by atoms with van der Waals surface area (Å²) in [7, 11) is 1.57. The first kappa shape index (κ1) is 20.2. The quantitative estimate of drug-likeness (QED) is 0.591. The van der Waals surface area contributed by atoms with Crippen molar-refractivity contribution in [2.75, 3.05) is 25.5 Å². The Bertz CT molecular complexity index is 1070. The molecule has 0 unspecified atom stereocenters. The van der Waals surface area contributed by atoms with E-state index in [1.54, 1.807) is 24.1 Å². The molecule has 9 heteroatoms. The second-order valence-electron chi connectivity index (χ2n) is 6.95. The van der Waals surface area contributed by atoms with Gasteiger partial charge in [0, 0.05) is 43.1 Å². The van der Waals surface area contributed by atoms with Crippen molar-refractivity contribution in [1.29, 1.82) is 0 Å². The minimum atomic E-state index is -0.490. The maximum Gasteiger partial charge on any atom is 0.209 e. The smallest absolute Gasteiger partial charge is 0.209 e. The molecular formula is C21H20ClFN4O3. The maximum absolute atomic E-state index is 13.5. The minimum Gasteiger partial charge on any atom is -0.493 e. The van der Waals surface area contributed by atoms with Gasteiger partial charge in [-0.2, -0.15) is 0 Å². The van der Waals surface area contributed by atoms with Crippen LogP contribution in [0.5, 0.6) is 11.5 Å². The van der Waals surface area contributed by atoms with Gasteiger partial charge in [0.25, 0.3) is 0 Å². The van der Waals surface area contributed by atoms with Crippen LogP contribution in [0.25, 0.3) is 10.9 Å². The van der Waals surface area contributed by atoms with E-state index < -0.39 is 5.82 Å². The predicted octanol–water partition coefficient (Wildman–Crippen LogP) is 4.17. The molecule has 1 N–H and O–H groups in total. The van der Waals surface area contributed by atoms with Crippen molar-refractivity contribution in [2.45, 2.75) is 18.9 Å². The summed E-state index contributed by atoms with van der Waals surface area (Å²) in [5, 5.41) is 3.89. The van der Waals surface area contributed by atoms with Gasteiger partial charge in [0.05, 0.1) is 17.6 Å². The first-order valence-corrected chi connectivity index (χ1v) is 9.86. The number of likely N-dealkylation sites (tertiary alicyclic amines) is 1. The van der Waals surface area contributed by atoms with Gasteiger partial charge in [-0.15, -0.1) is 0 Å². The number of anilines is 2. The Morgan fingerprint density at radius 2 is 2.00 bits per heavy atom. The molecule has 0 bridgehead atoms. The number of methoxy groups -OCH3 is 1. The van der Waals surface area contributed by atoms with E-state index in [9.17, 15) is 9.18 Å². The summed E-state index contributed by atoms with van der Waals surface area (Å²) in [4.78, 5) is 21.3. The van der Waals surface area contributed by atoms with Gasteiger partial charge in [-0.3, -0.25) is 4.79 Å². The Kier molecular flexibility index (Phi) is 5.85. The van der Waals surface area contributed by atoms with Crippen LogP contribution in [0.15, 0.2) is 36.7 Å². The van der Waals surface area contributed by atoms with Crippen LogP contribution in [0.1, 0.15) is 12.8 Å². The van der Waals surface area contributed by atoms with Crippen molar-refractivity contribution in [3.05, 3.63) is 47.5 Å². The molecular weight excluding hydrogens is 411 g/mol. The fraction of sp³-hybridized carbons (Fsp3) is 0.286. The third kappa shape index (κ3) is 4.23. The summed E-state index contributed by atoms with van der Waals surface area (Å²) < 4.78 is 25.1. The number of hydrogen-bond donors (Lipinski definition) is 1. The van der Waals surface area contributed by atoms with E-state index in [0.29, 0.717) is 41.6 Å².